The molecule has 2 amide bonds. The van der Waals surface area contributed by atoms with E-state index >= 15 is 0 Å². The van der Waals surface area contributed by atoms with Gasteiger partial charge in [-0.1, -0.05) is 101 Å². The number of carbonyl (C=O) groups excluding carboxylic acids is 2. The molecule has 0 radical (unpaired) electrons. The second-order valence-corrected chi connectivity index (χ2v) is 11.5. The smallest absolute Gasteiger partial charge is 0.243 e. The number of benzene rings is 3. The largest absolute Gasteiger partial charge is 0.354 e. The average Bonchev–Trinajstić information content (AvgIpc) is 2.88. The molecule has 0 saturated carbocycles. The third-order valence-electron chi connectivity index (χ3n) is 5.84. The highest BCUT2D eigenvalue weighted by atomic mass is 79.9. The van der Waals surface area contributed by atoms with Crippen LogP contribution in [0.2, 0.25) is 10.0 Å². The number of unbranched alkanes of at least 4 members (excludes halogenated alkanes) is 1. The van der Waals surface area contributed by atoms with Crippen LogP contribution in [0.5, 0.6) is 0 Å². The molecule has 0 bridgehead atoms. The van der Waals surface area contributed by atoms with E-state index in [1.54, 1.807) is 17.0 Å². The molecule has 0 heterocycles. The second-order valence-electron chi connectivity index (χ2n) is 8.73. The highest BCUT2D eigenvalue weighted by Crippen LogP contribution is 2.25. The summed E-state index contributed by atoms with van der Waals surface area (Å²) in [5.41, 5.74) is 2.87. The summed E-state index contributed by atoms with van der Waals surface area (Å²) in [6.07, 6.45) is 2.31. The van der Waals surface area contributed by atoms with Gasteiger partial charge in [-0.05, 0) is 47.4 Å². The van der Waals surface area contributed by atoms with Crippen molar-refractivity contribution in [3.63, 3.8) is 0 Å². The molecule has 0 aliphatic carbocycles. The Morgan fingerprint density at radius 1 is 1.00 bits per heavy atom. The van der Waals surface area contributed by atoms with Crippen molar-refractivity contribution in [3.05, 3.63) is 104 Å². The zero-order valence-electron chi connectivity index (χ0n) is 20.8. The van der Waals surface area contributed by atoms with Gasteiger partial charge in [-0.3, -0.25) is 9.59 Å². The number of nitrogens with one attached hydrogen (secondary N) is 1. The third kappa shape index (κ3) is 9.68. The van der Waals surface area contributed by atoms with Crippen LogP contribution in [-0.4, -0.2) is 35.1 Å². The number of halogens is 3. The predicted molar refractivity (Wildman–Crippen MR) is 159 cm³/mol. The number of nitrogens with zero attached hydrogens (tertiary/aromatic N) is 1. The normalized spacial score (nSPS) is 11.7. The van der Waals surface area contributed by atoms with Crippen molar-refractivity contribution in [1.29, 1.82) is 0 Å². The fourth-order valence-electron chi connectivity index (χ4n) is 3.86. The summed E-state index contributed by atoms with van der Waals surface area (Å²) in [5.74, 6) is 0.562. The van der Waals surface area contributed by atoms with Gasteiger partial charge in [-0.2, -0.15) is 0 Å². The van der Waals surface area contributed by atoms with Crippen LogP contribution >= 0.6 is 50.9 Å². The molecule has 3 aromatic rings. The second kappa shape index (κ2) is 15.4. The average molecular weight is 622 g/mol. The van der Waals surface area contributed by atoms with Crippen LogP contribution < -0.4 is 5.32 Å². The van der Waals surface area contributed by atoms with Crippen molar-refractivity contribution in [2.45, 2.75) is 44.5 Å². The van der Waals surface area contributed by atoms with E-state index in [2.05, 4.69) is 28.2 Å². The third-order valence-corrected chi connectivity index (χ3v) is 7.89. The van der Waals surface area contributed by atoms with Crippen molar-refractivity contribution >= 4 is 62.7 Å². The van der Waals surface area contributed by atoms with E-state index in [9.17, 15) is 9.59 Å². The summed E-state index contributed by atoms with van der Waals surface area (Å²) in [4.78, 5) is 28.8. The Kier molecular flexibility index (Phi) is 12.3. The van der Waals surface area contributed by atoms with Crippen LogP contribution in [0.15, 0.2) is 77.3 Å². The zero-order chi connectivity index (χ0) is 26.6. The zero-order valence-corrected chi connectivity index (χ0v) is 24.7. The summed E-state index contributed by atoms with van der Waals surface area (Å²) in [6.45, 7) is 3.00. The van der Waals surface area contributed by atoms with Gasteiger partial charge in [0.1, 0.15) is 6.04 Å². The molecule has 0 saturated heterocycles. The fourth-order valence-corrected chi connectivity index (χ4v) is 5.78. The monoisotopic (exact) mass is 620 g/mol. The molecule has 0 aliphatic rings. The summed E-state index contributed by atoms with van der Waals surface area (Å²) < 4.78 is 0.927. The summed E-state index contributed by atoms with van der Waals surface area (Å²) in [7, 11) is 0. The molecule has 37 heavy (non-hydrogen) atoms. The Hall–Kier alpha value is -1.99. The van der Waals surface area contributed by atoms with Crippen molar-refractivity contribution in [2.75, 3.05) is 12.3 Å². The van der Waals surface area contributed by atoms with Crippen LogP contribution in [-0.2, 0) is 28.3 Å². The topological polar surface area (TPSA) is 49.4 Å². The van der Waals surface area contributed by atoms with Gasteiger partial charge in [-0.15, -0.1) is 11.8 Å². The molecule has 196 valence electrons. The molecule has 0 spiro atoms. The summed E-state index contributed by atoms with van der Waals surface area (Å²) in [6, 6.07) is 22.4. The van der Waals surface area contributed by atoms with Gasteiger partial charge in [0.05, 0.1) is 5.75 Å². The summed E-state index contributed by atoms with van der Waals surface area (Å²) >= 11 is 17.3. The van der Waals surface area contributed by atoms with E-state index in [0.29, 0.717) is 35.3 Å². The minimum atomic E-state index is -0.634. The van der Waals surface area contributed by atoms with E-state index in [4.69, 9.17) is 23.2 Å². The number of carbonyl (C=O) groups is 2. The quantitative estimate of drug-likeness (QED) is 0.201. The number of amides is 2. The van der Waals surface area contributed by atoms with Gasteiger partial charge in [0.2, 0.25) is 11.8 Å². The molecule has 1 unspecified atom stereocenters. The Balaban J connectivity index is 1.83. The van der Waals surface area contributed by atoms with Gasteiger partial charge in [0.15, 0.2) is 0 Å². The van der Waals surface area contributed by atoms with E-state index in [-0.39, 0.29) is 17.6 Å². The minimum absolute atomic E-state index is 0.0957. The van der Waals surface area contributed by atoms with Gasteiger partial charge in [0.25, 0.3) is 0 Å². The molecule has 1 atom stereocenters. The maximum Gasteiger partial charge on any atom is 0.243 e. The molecule has 8 heteroatoms. The van der Waals surface area contributed by atoms with Crippen molar-refractivity contribution in [2.24, 2.45) is 0 Å². The van der Waals surface area contributed by atoms with Crippen molar-refractivity contribution in [1.82, 2.24) is 10.2 Å². The molecule has 0 aromatic heterocycles. The van der Waals surface area contributed by atoms with Gasteiger partial charge in [0, 0.05) is 39.8 Å². The lowest BCUT2D eigenvalue weighted by molar-refractivity contribution is -0.139. The van der Waals surface area contributed by atoms with Crippen LogP contribution in [0.25, 0.3) is 0 Å². The molecule has 3 aromatic carbocycles. The van der Waals surface area contributed by atoms with Gasteiger partial charge >= 0.3 is 0 Å². The van der Waals surface area contributed by atoms with Crippen LogP contribution in [0.4, 0.5) is 0 Å². The highest BCUT2D eigenvalue weighted by molar-refractivity contribution is 9.10. The molecule has 0 aliphatic heterocycles. The van der Waals surface area contributed by atoms with Crippen LogP contribution in [0.3, 0.4) is 0 Å². The maximum atomic E-state index is 13.7. The summed E-state index contributed by atoms with van der Waals surface area (Å²) in [5, 5.41) is 4.21. The SMILES string of the molecule is CCCCNC(=O)C(Cc1ccccc1)N(Cc1cccc(Br)c1)C(=O)CSCc1ccc(Cl)cc1Cl. The van der Waals surface area contributed by atoms with E-state index in [0.717, 1.165) is 34.0 Å². The lowest BCUT2D eigenvalue weighted by Gasteiger charge is -2.31. The van der Waals surface area contributed by atoms with Gasteiger partial charge < -0.3 is 10.2 Å². The Morgan fingerprint density at radius 3 is 2.46 bits per heavy atom. The number of hydrogen-bond donors (Lipinski definition) is 1. The predicted octanol–water partition coefficient (Wildman–Crippen LogP) is 7.55. The molecule has 4 nitrogen and oxygen atoms in total. The van der Waals surface area contributed by atoms with E-state index < -0.39 is 6.04 Å². The Labute approximate surface area is 242 Å². The van der Waals surface area contributed by atoms with Crippen molar-refractivity contribution < 1.29 is 9.59 Å². The first-order valence-electron chi connectivity index (χ1n) is 12.2. The minimum Gasteiger partial charge on any atom is -0.354 e. The first-order valence-corrected chi connectivity index (χ1v) is 14.9. The molecular formula is C29H31BrCl2N2O2S. The lowest BCUT2D eigenvalue weighted by Crippen LogP contribution is -2.51. The number of rotatable bonds is 13. The number of thioether (sulfide) groups is 1. The molecule has 3 rings (SSSR count). The van der Waals surface area contributed by atoms with Crippen molar-refractivity contribution in [3.8, 4) is 0 Å². The van der Waals surface area contributed by atoms with E-state index in [1.165, 1.54) is 11.8 Å². The molecule has 1 N–H and O–H groups in total. The lowest BCUT2D eigenvalue weighted by atomic mass is 10.0. The fraction of sp³-hybridized carbons (Fsp3) is 0.310. The van der Waals surface area contributed by atoms with Crippen LogP contribution in [0.1, 0.15) is 36.5 Å². The molecular weight excluding hydrogens is 591 g/mol. The highest BCUT2D eigenvalue weighted by Gasteiger charge is 2.30. The Bertz CT molecular complexity index is 1180. The number of hydrogen-bond acceptors (Lipinski definition) is 3. The van der Waals surface area contributed by atoms with Crippen LogP contribution in [0, 0.1) is 0 Å². The first-order chi connectivity index (χ1) is 17.9. The molecule has 0 fully saturated rings. The first kappa shape index (κ1) is 29.6. The van der Waals surface area contributed by atoms with E-state index in [1.807, 2.05) is 60.7 Å². The standard InChI is InChI=1S/C29H31BrCl2N2O2S/c1-2-3-14-33-29(36)27(16-21-8-5-4-6-9-21)34(18-22-10-7-11-24(30)15-22)28(35)20-37-19-23-12-13-25(31)17-26(23)32/h4-13,15,17,27H,2-3,14,16,18-20H2,1H3,(H,33,36). The Morgan fingerprint density at radius 2 is 1.76 bits per heavy atom. The van der Waals surface area contributed by atoms with Gasteiger partial charge in [-0.25, -0.2) is 0 Å². The maximum absolute atomic E-state index is 13.7.